The van der Waals surface area contributed by atoms with Crippen LogP contribution >= 0.6 is 0 Å². The minimum absolute atomic E-state index is 0.259. The zero-order chi connectivity index (χ0) is 19.7. The van der Waals surface area contributed by atoms with Crippen LogP contribution in [0.3, 0.4) is 0 Å². The van der Waals surface area contributed by atoms with E-state index in [-0.39, 0.29) is 11.5 Å². The van der Waals surface area contributed by atoms with Crippen molar-refractivity contribution < 1.29 is 14.6 Å². The van der Waals surface area contributed by atoms with Crippen molar-refractivity contribution in [3.05, 3.63) is 83.9 Å². The van der Waals surface area contributed by atoms with Crippen molar-refractivity contribution in [1.29, 1.82) is 0 Å². The summed E-state index contributed by atoms with van der Waals surface area (Å²) in [6.45, 7) is 3.68. The van der Waals surface area contributed by atoms with E-state index in [1.165, 1.54) is 18.7 Å². The Morgan fingerprint density at radius 2 is 1.54 bits per heavy atom. The van der Waals surface area contributed by atoms with Gasteiger partial charge in [-0.25, -0.2) is 14.8 Å². The van der Waals surface area contributed by atoms with Gasteiger partial charge in [-0.05, 0) is 71.1 Å². The molecule has 28 heavy (non-hydrogen) atoms. The highest BCUT2D eigenvalue weighted by Gasteiger charge is 2.18. The fourth-order valence-electron chi connectivity index (χ4n) is 3.26. The molecule has 138 valence electrons. The molecule has 0 bridgehead atoms. The number of phenolic OH excluding ortho intramolecular Hbond substituents is 1. The summed E-state index contributed by atoms with van der Waals surface area (Å²) >= 11 is 0. The molecule has 0 saturated heterocycles. The van der Waals surface area contributed by atoms with Gasteiger partial charge in [0.2, 0.25) is 0 Å². The van der Waals surface area contributed by atoms with Crippen LogP contribution in [0.5, 0.6) is 11.5 Å². The minimum Gasteiger partial charge on any atom is -0.507 e. The molecule has 1 N–H and O–H groups in total. The number of nitrogens with zero attached hydrogens (tertiary/aromatic N) is 2. The molecule has 0 radical (unpaired) electrons. The number of benzene rings is 3. The van der Waals surface area contributed by atoms with Crippen molar-refractivity contribution in [2.24, 2.45) is 0 Å². The van der Waals surface area contributed by atoms with Crippen molar-refractivity contribution in [3.8, 4) is 22.6 Å². The number of fused-ring (bicyclic) bond motifs is 1. The highest BCUT2D eigenvalue weighted by Crippen LogP contribution is 2.34. The van der Waals surface area contributed by atoms with Gasteiger partial charge in [0.1, 0.15) is 12.1 Å². The molecule has 0 unspecified atom stereocenters. The Balaban J connectivity index is 1.89. The number of carbonyl (C=O) groups is 1. The highest BCUT2D eigenvalue weighted by atomic mass is 16.5. The minimum atomic E-state index is -0.487. The van der Waals surface area contributed by atoms with Gasteiger partial charge in [0.25, 0.3) is 0 Å². The first kappa shape index (κ1) is 17.7. The molecule has 0 amide bonds. The number of aryl methyl sites for hydroxylation is 2. The first-order valence-corrected chi connectivity index (χ1v) is 8.83. The van der Waals surface area contributed by atoms with E-state index in [1.807, 2.05) is 62.4 Å². The van der Waals surface area contributed by atoms with Gasteiger partial charge < -0.3 is 9.84 Å². The number of aromatic hydroxyl groups is 1. The maximum Gasteiger partial charge on any atom is 0.344 e. The maximum atomic E-state index is 13.0. The first-order chi connectivity index (χ1) is 13.5. The van der Waals surface area contributed by atoms with Crippen LogP contribution < -0.4 is 4.74 Å². The lowest BCUT2D eigenvalue weighted by Gasteiger charge is -2.14. The Kier molecular flexibility index (Phi) is 4.49. The van der Waals surface area contributed by atoms with Gasteiger partial charge in [-0.15, -0.1) is 0 Å². The summed E-state index contributed by atoms with van der Waals surface area (Å²) in [4.78, 5) is 20.7. The standard InChI is InChI=1S/C23H18N2O3/c1-14-7-18(8-15(2)22(14)26)20-9-16-5-3-4-6-17(16)10-21(20)23(27)28-19-11-24-13-25-12-19/h3-13,26H,1-2H3. The number of ether oxygens (including phenoxy) is 1. The fraction of sp³-hybridized carbons (Fsp3) is 0.0870. The molecule has 0 spiro atoms. The summed E-state index contributed by atoms with van der Waals surface area (Å²) in [7, 11) is 0. The van der Waals surface area contributed by atoms with Gasteiger partial charge in [-0.3, -0.25) is 0 Å². The molecular formula is C23H18N2O3. The van der Waals surface area contributed by atoms with Crippen LogP contribution in [-0.4, -0.2) is 21.0 Å². The Bertz CT molecular complexity index is 1160. The topological polar surface area (TPSA) is 72.3 Å². The molecule has 3 aromatic carbocycles. The second kappa shape index (κ2) is 7.12. The summed E-state index contributed by atoms with van der Waals surface area (Å²) in [6.07, 6.45) is 4.27. The molecule has 4 aromatic rings. The SMILES string of the molecule is Cc1cc(-c2cc3ccccc3cc2C(=O)Oc2cncnc2)cc(C)c1O. The van der Waals surface area contributed by atoms with Gasteiger partial charge in [0, 0.05) is 0 Å². The normalized spacial score (nSPS) is 10.8. The van der Waals surface area contributed by atoms with E-state index in [2.05, 4.69) is 9.97 Å². The number of esters is 1. The molecule has 0 atom stereocenters. The predicted octanol–water partition coefficient (Wildman–Crippen LogP) is 4.84. The quantitative estimate of drug-likeness (QED) is 0.523. The van der Waals surface area contributed by atoms with E-state index in [1.54, 1.807) is 0 Å². The Morgan fingerprint density at radius 1 is 0.929 bits per heavy atom. The molecule has 0 saturated carbocycles. The number of hydrogen-bond acceptors (Lipinski definition) is 5. The van der Waals surface area contributed by atoms with E-state index in [0.717, 1.165) is 33.0 Å². The monoisotopic (exact) mass is 370 g/mol. The summed E-state index contributed by atoms with van der Waals surface area (Å²) in [5.41, 5.74) is 3.52. The van der Waals surface area contributed by atoms with E-state index >= 15 is 0 Å². The molecule has 0 aliphatic carbocycles. The van der Waals surface area contributed by atoms with Crippen LogP contribution in [-0.2, 0) is 0 Å². The van der Waals surface area contributed by atoms with Crippen molar-refractivity contribution >= 4 is 16.7 Å². The third kappa shape index (κ3) is 3.30. The molecule has 4 rings (SSSR count). The summed E-state index contributed by atoms with van der Waals surface area (Å²) < 4.78 is 5.48. The zero-order valence-corrected chi connectivity index (χ0v) is 15.5. The van der Waals surface area contributed by atoms with Crippen molar-refractivity contribution in [2.45, 2.75) is 13.8 Å². The second-order valence-corrected chi connectivity index (χ2v) is 6.67. The second-order valence-electron chi connectivity index (χ2n) is 6.67. The van der Waals surface area contributed by atoms with E-state index in [0.29, 0.717) is 5.56 Å². The number of carbonyl (C=O) groups excluding carboxylic acids is 1. The molecule has 5 heteroatoms. The van der Waals surface area contributed by atoms with Crippen LogP contribution in [0.2, 0.25) is 0 Å². The third-order valence-corrected chi connectivity index (χ3v) is 4.66. The van der Waals surface area contributed by atoms with Crippen molar-refractivity contribution in [3.63, 3.8) is 0 Å². The average Bonchev–Trinajstić information content (AvgIpc) is 2.71. The van der Waals surface area contributed by atoms with E-state index < -0.39 is 5.97 Å². The Hall–Kier alpha value is -3.73. The van der Waals surface area contributed by atoms with Crippen LogP contribution in [0.1, 0.15) is 21.5 Å². The smallest absolute Gasteiger partial charge is 0.344 e. The van der Waals surface area contributed by atoms with Crippen LogP contribution in [0.4, 0.5) is 0 Å². The predicted molar refractivity (Wildman–Crippen MR) is 108 cm³/mol. The molecular weight excluding hydrogens is 352 g/mol. The lowest BCUT2D eigenvalue weighted by molar-refractivity contribution is 0.0734. The number of hydrogen-bond donors (Lipinski definition) is 1. The lowest BCUT2D eigenvalue weighted by Crippen LogP contribution is -2.10. The average molecular weight is 370 g/mol. The molecule has 1 heterocycles. The fourth-order valence-corrected chi connectivity index (χ4v) is 3.26. The third-order valence-electron chi connectivity index (χ3n) is 4.66. The van der Waals surface area contributed by atoms with Crippen LogP contribution in [0.25, 0.3) is 21.9 Å². The van der Waals surface area contributed by atoms with E-state index in [4.69, 9.17) is 4.74 Å². The maximum absolute atomic E-state index is 13.0. The number of aromatic nitrogens is 2. The number of rotatable bonds is 3. The van der Waals surface area contributed by atoms with Gasteiger partial charge in [0.15, 0.2) is 5.75 Å². The molecule has 5 nitrogen and oxygen atoms in total. The zero-order valence-electron chi connectivity index (χ0n) is 15.5. The van der Waals surface area contributed by atoms with Gasteiger partial charge in [-0.1, -0.05) is 24.3 Å². The van der Waals surface area contributed by atoms with Crippen LogP contribution in [0, 0.1) is 13.8 Å². The highest BCUT2D eigenvalue weighted by molar-refractivity contribution is 6.04. The molecule has 0 fully saturated rings. The largest absolute Gasteiger partial charge is 0.507 e. The molecule has 0 aliphatic heterocycles. The van der Waals surface area contributed by atoms with Crippen molar-refractivity contribution in [1.82, 2.24) is 9.97 Å². The van der Waals surface area contributed by atoms with Crippen molar-refractivity contribution in [2.75, 3.05) is 0 Å². The van der Waals surface area contributed by atoms with Crippen LogP contribution in [0.15, 0.2) is 67.3 Å². The Morgan fingerprint density at radius 3 is 2.18 bits per heavy atom. The van der Waals surface area contributed by atoms with Gasteiger partial charge >= 0.3 is 5.97 Å². The Labute approximate surface area is 162 Å². The first-order valence-electron chi connectivity index (χ1n) is 8.83. The lowest BCUT2D eigenvalue weighted by atomic mass is 9.93. The molecule has 1 aromatic heterocycles. The van der Waals surface area contributed by atoms with E-state index in [9.17, 15) is 9.90 Å². The van der Waals surface area contributed by atoms with Gasteiger partial charge in [-0.2, -0.15) is 0 Å². The summed E-state index contributed by atoms with van der Waals surface area (Å²) in [5.74, 6) is 0.0544. The number of phenols is 1. The summed E-state index contributed by atoms with van der Waals surface area (Å²) in [6, 6.07) is 15.4. The van der Waals surface area contributed by atoms with Gasteiger partial charge in [0.05, 0.1) is 18.0 Å². The molecule has 0 aliphatic rings. The summed E-state index contributed by atoms with van der Waals surface area (Å²) in [5, 5.41) is 12.1.